The van der Waals surface area contributed by atoms with Crippen molar-refractivity contribution >= 4 is 0 Å². The van der Waals surface area contributed by atoms with E-state index in [0.29, 0.717) is 17.3 Å². The van der Waals surface area contributed by atoms with Crippen LogP contribution in [0, 0.1) is 18.3 Å². The Balaban J connectivity index is 2.30. The van der Waals surface area contributed by atoms with Gasteiger partial charge in [0.1, 0.15) is 0 Å². The van der Waals surface area contributed by atoms with Crippen LogP contribution in [-0.4, -0.2) is 16.3 Å². The summed E-state index contributed by atoms with van der Waals surface area (Å²) in [6, 6.07) is 0. The van der Waals surface area contributed by atoms with Crippen LogP contribution in [0.3, 0.4) is 0 Å². The van der Waals surface area contributed by atoms with Gasteiger partial charge in [0.2, 0.25) is 0 Å². The van der Waals surface area contributed by atoms with Crippen LogP contribution in [0.5, 0.6) is 0 Å². The first kappa shape index (κ1) is 9.71. The lowest BCUT2D eigenvalue weighted by Gasteiger charge is -2.00. The molecule has 78 valence electrons. The minimum atomic E-state index is 0.364. The van der Waals surface area contributed by atoms with Gasteiger partial charge in [0.25, 0.3) is 0 Å². The van der Waals surface area contributed by atoms with Crippen LogP contribution >= 0.6 is 0 Å². The Hall–Kier alpha value is -0.830. The third-order valence-electron chi connectivity index (χ3n) is 3.69. The molecule has 1 saturated carbocycles. The highest BCUT2D eigenvalue weighted by Gasteiger charge is 2.58. The van der Waals surface area contributed by atoms with Gasteiger partial charge in [-0.05, 0) is 36.3 Å². The van der Waals surface area contributed by atoms with Gasteiger partial charge < -0.3 is 5.73 Å². The molecule has 0 spiro atoms. The van der Waals surface area contributed by atoms with Crippen LogP contribution in [-0.2, 0) is 7.05 Å². The van der Waals surface area contributed by atoms with Crippen molar-refractivity contribution in [1.82, 2.24) is 9.78 Å². The van der Waals surface area contributed by atoms with Gasteiger partial charge >= 0.3 is 0 Å². The zero-order chi connectivity index (χ0) is 10.5. The van der Waals surface area contributed by atoms with E-state index in [9.17, 15) is 0 Å². The largest absolute Gasteiger partial charge is 0.330 e. The highest BCUT2D eigenvalue weighted by molar-refractivity contribution is 5.33. The van der Waals surface area contributed by atoms with Crippen LogP contribution < -0.4 is 5.73 Å². The first-order chi connectivity index (χ1) is 6.48. The van der Waals surface area contributed by atoms with Crippen LogP contribution in [0.1, 0.15) is 31.0 Å². The van der Waals surface area contributed by atoms with E-state index in [2.05, 4.69) is 32.1 Å². The molecular formula is C11H19N3. The molecule has 1 aromatic rings. The Labute approximate surface area is 85.3 Å². The molecule has 1 aliphatic rings. The summed E-state index contributed by atoms with van der Waals surface area (Å²) in [4.78, 5) is 0. The molecule has 1 heterocycles. The molecule has 0 bridgehead atoms. The molecule has 14 heavy (non-hydrogen) atoms. The lowest BCUT2D eigenvalue weighted by Crippen LogP contribution is -2.05. The number of aromatic nitrogens is 2. The fourth-order valence-electron chi connectivity index (χ4n) is 2.72. The molecule has 0 saturated heterocycles. The van der Waals surface area contributed by atoms with Crippen molar-refractivity contribution in [2.24, 2.45) is 24.1 Å². The molecule has 0 radical (unpaired) electrons. The maximum absolute atomic E-state index is 5.77. The monoisotopic (exact) mass is 193 g/mol. The normalized spacial score (nSPS) is 29.2. The number of rotatable bonds is 2. The van der Waals surface area contributed by atoms with Crippen molar-refractivity contribution in [2.75, 3.05) is 6.54 Å². The van der Waals surface area contributed by atoms with E-state index < -0.39 is 0 Å². The maximum Gasteiger partial charge on any atom is 0.0628 e. The van der Waals surface area contributed by atoms with Crippen molar-refractivity contribution in [3.8, 4) is 0 Å². The number of aryl methyl sites for hydroxylation is 2. The Morgan fingerprint density at radius 1 is 1.57 bits per heavy atom. The lowest BCUT2D eigenvalue weighted by molar-refractivity contribution is 0.558. The molecule has 0 unspecified atom stereocenters. The molecule has 1 aliphatic carbocycles. The summed E-state index contributed by atoms with van der Waals surface area (Å²) in [5.74, 6) is 1.24. The summed E-state index contributed by atoms with van der Waals surface area (Å²) in [6.07, 6.45) is 2.14. The average Bonchev–Trinajstić information content (AvgIpc) is 2.46. The molecule has 2 N–H and O–H groups in total. The number of hydrogen-bond acceptors (Lipinski definition) is 2. The van der Waals surface area contributed by atoms with Crippen LogP contribution in [0.25, 0.3) is 0 Å². The highest BCUT2D eigenvalue weighted by Crippen LogP contribution is 2.64. The van der Waals surface area contributed by atoms with E-state index >= 15 is 0 Å². The second-order valence-corrected chi connectivity index (χ2v) is 4.98. The van der Waals surface area contributed by atoms with Gasteiger partial charge in [-0.3, -0.25) is 4.68 Å². The van der Waals surface area contributed by atoms with Crippen molar-refractivity contribution in [1.29, 1.82) is 0 Å². The molecule has 0 aromatic carbocycles. The van der Waals surface area contributed by atoms with Crippen LogP contribution in [0.2, 0.25) is 0 Å². The molecule has 3 nitrogen and oxygen atoms in total. The zero-order valence-corrected chi connectivity index (χ0v) is 9.41. The van der Waals surface area contributed by atoms with Crippen molar-refractivity contribution in [3.63, 3.8) is 0 Å². The summed E-state index contributed by atoms with van der Waals surface area (Å²) >= 11 is 0. The minimum absolute atomic E-state index is 0.364. The highest BCUT2D eigenvalue weighted by atomic mass is 15.2. The molecule has 0 aliphatic heterocycles. The summed E-state index contributed by atoms with van der Waals surface area (Å²) in [6.45, 7) is 7.45. The summed E-state index contributed by atoms with van der Waals surface area (Å²) in [5, 5.41) is 4.38. The van der Waals surface area contributed by atoms with Gasteiger partial charge in [0, 0.05) is 13.2 Å². The quantitative estimate of drug-likeness (QED) is 0.772. The predicted octanol–water partition coefficient (Wildman–Crippen LogP) is 1.43. The smallest absolute Gasteiger partial charge is 0.0628 e. The molecule has 3 heteroatoms. The van der Waals surface area contributed by atoms with Gasteiger partial charge in [-0.15, -0.1) is 0 Å². The van der Waals surface area contributed by atoms with E-state index in [1.165, 1.54) is 5.56 Å². The fourth-order valence-corrected chi connectivity index (χ4v) is 2.72. The Morgan fingerprint density at radius 2 is 2.21 bits per heavy atom. The third kappa shape index (κ3) is 1.19. The maximum atomic E-state index is 5.77. The van der Waals surface area contributed by atoms with E-state index in [4.69, 9.17) is 5.73 Å². The Kier molecular flexibility index (Phi) is 1.96. The Bertz CT molecular complexity index is 351. The first-order valence-corrected chi connectivity index (χ1v) is 5.18. The van der Waals surface area contributed by atoms with Crippen LogP contribution in [0.15, 0.2) is 6.20 Å². The number of hydrogen-bond donors (Lipinski definition) is 1. The molecule has 0 amide bonds. The number of nitrogens with two attached hydrogens (primary N) is 1. The van der Waals surface area contributed by atoms with Gasteiger partial charge in [-0.25, -0.2) is 0 Å². The second-order valence-electron chi connectivity index (χ2n) is 4.98. The summed E-state index contributed by atoms with van der Waals surface area (Å²) in [5.41, 5.74) is 8.67. The lowest BCUT2D eigenvalue weighted by atomic mass is 10.0. The molecule has 1 aromatic heterocycles. The van der Waals surface area contributed by atoms with Crippen molar-refractivity contribution < 1.29 is 0 Å². The molecule has 2 rings (SSSR count). The fraction of sp³-hybridized carbons (Fsp3) is 0.727. The molecular weight excluding hydrogens is 174 g/mol. The van der Waals surface area contributed by atoms with Crippen LogP contribution in [0.4, 0.5) is 0 Å². The van der Waals surface area contributed by atoms with E-state index in [1.807, 2.05) is 11.7 Å². The van der Waals surface area contributed by atoms with E-state index in [-0.39, 0.29) is 0 Å². The molecule has 2 atom stereocenters. The topological polar surface area (TPSA) is 43.8 Å². The zero-order valence-electron chi connectivity index (χ0n) is 9.41. The van der Waals surface area contributed by atoms with Gasteiger partial charge in [0.15, 0.2) is 0 Å². The van der Waals surface area contributed by atoms with E-state index in [1.54, 1.807) is 0 Å². The minimum Gasteiger partial charge on any atom is -0.330 e. The van der Waals surface area contributed by atoms with Gasteiger partial charge in [-0.2, -0.15) is 5.10 Å². The number of nitrogens with zero attached hydrogens (tertiary/aromatic N) is 2. The Morgan fingerprint density at radius 3 is 2.57 bits per heavy atom. The SMILES string of the molecule is Cc1nn(C)cc1[C@@H]1[C@@H](CN)C1(C)C. The average molecular weight is 193 g/mol. The predicted molar refractivity (Wildman–Crippen MR) is 57.0 cm³/mol. The van der Waals surface area contributed by atoms with Gasteiger partial charge in [-0.1, -0.05) is 13.8 Å². The van der Waals surface area contributed by atoms with Crippen molar-refractivity contribution in [2.45, 2.75) is 26.7 Å². The molecule has 1 fully saturated rings. The first-order valence-electron chi connectivity index (χ1n) is 5.18. The van der Waals surface area contributed by atoms with Gasteiger partial charge in [0.05, 0.1) is 5.69 Å². The van der Waals surface area contributed by atoms with E-state index in [0.717, 1.165) is 12.2 Å². The second kappa shape index (κ2) is 2.83. The third-order valence-corrected chi connectivity index (χ3v) is 3.69. The summed E-state index contributed by atoms with van der Waals surface area (Å²) in [7, 11) is 1.98. The summed E-state index contributed by atoms with van der Waals surface area (Å²) < 4.78 is 1.90. The standard InChI is InChI=1S/C11H19N3/c1-7-8(6-14(4)13-7)10-9(5-12)11(10,2)3/h6,9-10H,5,12H2,1-4H3/t9-,10-/m1/s1. The van der Waals surface area contributed by atoms with Crippen molar-refractivity contribution in [3.05, 3.63) is 17.5 Å².